The summed E-state index contributed by atoms with van der Waals surface area (Å²) in [5.74, 6) is -0.00467. The van der Waals surface area contributed by atoms with Crippen molar-refractivity contribution in [1.82, 2.24) is 0 Å². The number of amides is 1. The van der Waals surface area contributed by atoms with Gasteiger partial charge in [-0.1, -0.05) is 0 Å². The van der Waals surface area contributed by atoms with Gasteiger partial charge in [0.25, 0.3) is 0 Å². The third kappa shape index (κ3) is 2.25. The van der Waals surface area contributed by atoms with Gasteiger partial charge in [-0.3, -0.25) is 9.59 Å². The van der Waals surface area contributed by atoms with E-state index < -0.39 is 0 Å². The molecule has 1 aliphatic rings. The molecule has 0 aliphatic carbocycles. The molecule has 0 bridgehead atoms. The van der Waals surface area contributed by atoms with Crippen LogP contribution in [-0.2, 0) is 11.2 Å². The van der Waals surface area contributed by atoms with E-state index >= 15 is 0 Å². The Morgan fingerprint density at radius 3 is 3.00 bits per heavy atom. The normalized spacial score (nSPS) is 15.5. The van der Waals surface area contributed by atoms with Gasteiger partial charge >= 0.3 is 0 Å². The number of Topliss-reactive ketones (excluding diaryl/α,β-unsaturated/α-hetero) is 1. The first-order valence-corrected chi connectivity index (χ1v) is 5.60. The van der Waals surface area contributed by atoms with Crippen molar-refractivity contribution in [1.29, 1.82) is 0 Å². The van der Waals surface area contributed by atoms with Gasteiger partial charge in [-0.2, -0.15) is 0 Å². The number of anilines is 1. The Balaban J connectivity index is 2.22. The van der Waals surface area contributed by atoms with E-state index in [1.807, 2.05) is 0 Å². The fourth-order valence-electron chi connectivity index (χ4n) is 1.78. The SMILES string of the molecule is CC(Cl)CC(=O)c1ccc2c(c1)CC(=O)N2. The molecule has 0 saturated carbocycles. The van der Waals surface area contributed by atoms with Crippen molar-refractivity contribution >= 4 is 29.0 Å². The van der Waals surface area contributed by atoms with Crippen LogP contribution in [0.3, 0.4) is 0 Å². The Hall–Kier alpha value is -1.35. The summed E-state index contributed by atoms with van der Waals surface area (Å²) >= 11 is 5.78. The summed E-state index contributed by atoms with van der Waals surface area (Å²) in [5.41, 5.74) is 2.32. The molecule has 0 radical (unpaired) electrons. The smallest absolute Gasteiger partial charge is 0.228 e. The molecule has 84 valence electrons. The van der Waals surface area contributed by atoms with Gasteiger partial charge in [-0.25, -0.2) is 0 Å². The molecule has 0 spiro atoms. The Morgan fingerprint density at radius 1 is 1.56 bits per heavy atom. The van der Waals surface area contributed by atoms with E-state index in [1.54, 1.807) is 25.1 Å². The molecule has 1 aromatic rings. The number of benzene rings is 1. The summed E-state index contributed by atoms with van der Waals surface area (Å²) in [6, 6.07) is 5.27. The molecule has 0 fully saturated rings. The van der Waals surface area contributed by atoms with Crippen LogP contribution in [0.25, 0.3) is 0 Å². The van der Waals surface area contributed by atoms with Gasteiger partial charge in [-0.15, -0.1) is 11.6 Å². The maximum atomic E-state index is 11.7. The van der Waals surface area contributed by atoms with Crippen LogP contribution >= 0.6 is 11.6 Å². The summed E-state index contributed by atoms with van der Waals surface area (Å²) in [4.78, 5) is 22.9. The van der Waals surface area contributed by atoms with Gasteiger partial charge in [-0.05, 0) is 30.7 Å². The van der Waals surface area contributed by atoms with E-state index in [0.717, 1.165) is 11.3 Å². The number of hydrogen-bond acceptors (Lipinski definition) is 2. The number of rotatable bonds is 3. The lowest BCUT2D eigenvalue weighted by molar-refractivity contribution is -0.115. The highest BCUT2D eigenvalue weighted by Gasteiger charge is 2.19. The number of nitrogens with one attached hydrogen (secondary N) is 1. The first-order chi connectivity index (χ1) is 7.56. The maximum absolute atomic E-state index is 11.7. The van der Waals surface area contributed by atoms with Crippen LogP contribution in [0.15, 0.2) is 18.2 Å². The topological polar surface area (TPSA) is 46.2 Å². The molecule has 3 nitrogen and oxygen atoms in total. The fraction of sp³-hybridized carbons (Fsp3) is 0.333. The third-order valence-electron chi connectivity index (χ3n) is 2.52. The van der Waals surface area contributed by atoms with Crippen LogP contribution in [0, 0.1) is 0 Å². The van der Waals surface area contributed by atoms with Crippen LogP contribution in [0.1, 0.15) is 29.3 Å². The van der Waals surface area contributed by atoms with Crippen LogP contribution in [-0.4, -0.2) is 17.1 Å². The molecule has 1 N–H and O–H groups in total. The minimum absolute atomic E-state index is 0.0182. The summed E-state index contributed by atoms with van der Waals surface area (Å²) in [5, 5.41) is 2.56. The van der Waals surface area contributed by atoms with E-state index in [9.17, 15) is 9.59 Å². The second kappa shape index (κ2) is 4.26. The maximum Gasteiger partial charge on any atom is 0.228 e. The molecule has 1 unspecified atom stereocenters. The van der Waals surface area contributed by atoms with Crippen molar-refractivity contribution in [2.45, 2.75) is 25.1 Å². The number of hydrogen-bond donors (Lipinski definition) is 1. The van der Waals surface area contributed by atoms with Crippen molar-refractivity contribution < 1.29 is 9.59 Å². The van der Waals surface area contributed by atoms with Crippen LogP contribution in [0.2, 0.25) is 0 Å². The molecule has 2 rings (SSSR count). The van der Waals surface area contributed by atoms with E-state index in [1.165, 1.54) is 0 Å². The van der Waals surface area contributed by atoms with Crippen LogP contribution < -0.4 is 5.32 Å². The van der Waals surface area contributed by atoms with Crippen LogP contribution in [0.5, 0.6) is 0 Å². The zero-order valence-corrected chi connectivity index (χ0v) is 9.67. The van der Waals surface area contributed by atoms with E-state index in [-0.39, 0.29) is 17.1 Å². The summed E-state index contributed by atoms with van der Waals surface area (Å²) in [7, 11) is 0. The highest BCUT2D eigenvalue weighted by Crippen LogP contribution is 2.24. The minimum Gasteiger partial charge on any atom is -0.326 e. The quantitative estimate of drug-likeness (QED) is 0.648. The zero-order valence-electron chi connectivity index (χ0n) is 8.92. The largest absolute Gasteiger partial charge is 0.326 e. The Kier molecular flexibility index (Phi) is 2.97. The third-order valence-corrected chi connectivity index (χ3v) is 2.67. The van der Waals surface area contributed by atoms with Gasteiger partial charge in [0.2, 0.25) is 5.91 Å². The molecule has 1 aliphatic heterocycles. The molecule has 16 heavy (non-hydrogen) atoms. The number of fused-ring (bicyclic) bond motifs is 1. The lowest BCUT2D eigenvalue weighted by Crippen LogP contribution is -2.05. The standard InChI is InChI=1S/C12H12ClNO2/c1-7(13)4-11(15)8-2-3-10-9(5-8)6-12(16)14-10/h2-3,5,7H,4,6H2,1H3,(H,14,16). The van der Waals surface area contributed by atoms with Crippen molar-refractivity contribution in [2.24, 2.45) is 0 Å². The van der Waals surface area contributed by atoms with Gasteiger partial charge < -0.3 is 5.32 Å². The summed E-state index contributed by atoms with van der Waals surface area (Å²) in [6.07, 6.45) is 0.675. The van der Waals surface area contributed by atoms with Crippen molar-refractivity contribution in [3.8, 4) is 0 Å². The predicted octanol–water partition coefficient (Wildman–Crippen LogP) is 2.38. The summed E-state index contributed by atoms with van der Waals surface area (Å²) in [6.45, 7) is 1.79. The van der Waals surface area contributed by atoms with E-state index in [0.29, 0.717) is 18.4 Å². The number of ketones is 1. The molecule has 0 aromatic heterocycles. The average Bonchev–Trinajstić information content (AvgIpc) is 2.55. The van der Waals surface area contributed by atoms with Crippen molar-refractivity contribution in [3.05, 3.63) is 29.3 Å². The van der Waals surface area contributed by atoms with Gasteiger partial charge in [0.1, 0.15) is 0 Å². The molecule has 1 aromatic carbocycles. The first kappa shape index (κ1) is 11.1. The minimum atomic E-state index is -0.166. The summed E-state index contributed by atoms with van der Waals surface area (Å²) < 4.78 is 0. The number of halogens is 1. The van der Waals surface area contributed by atoms with Crippen molar-refractivity contribution in [3.63, 3.8) is 0 Å². The van der Waals surface area contributed by atoms with E-state index in [2.05, 4.69) is 5.32 Å². The molecule has 1 atom stereocenters. The van der Waals surface area contributed by atoms with Crippen molar-refractivity contribution in [2.75, 3.05) is 5.32 Å². The highest BCUT2D eigenvalue weighted by atomic mass is 35.5. The lowest BCUT2D eigenvalue weighted by Gasteiger charge is -2.04. The Labute approximate surface area is 98.8 Å². The number of carbonyl (C=O) groups excluding carboxylic acids is 2. The molecule has 0 saturated heterocycles. The molecular weight excluding hydrogens is 226 g/mol. The monoisotopic (exact) mass is 237 g/mol. The van der Waals surface area contributed by atoms with Gasteiger partial charge in [0.05, 0.1) is 6.42 Å². The predicted molar refractivity (Wildman–Crippen MR) is 63.0 cm³/mol. The number of carbonyl (C=O) groups is 2. The Morgan fingerprint density at radius 2 is 2.31 bits per heavy atom. The van der Waals surface area contributed by atoms with Crippen LogP contribution in [0.4, 0.5) is 5.69 Å². The van der Waals surface area contributed by atoms with Gasteiger partial charge in [0, 0.05) is 23.0 Å². The Bertz CT molecular complexity index is 454. The number of alkyl halides is 1. The first-order valence-electron chi connectivity index (χ1n) is 5.16. The second-order valence-electron chi connectivity index (χ2n) is 4.00. The molecule has 4 heteroatoms. The fourth-order valence-corrected chi connectivity index (χ4v) is 1.92. The van der Waals surface area contributed by atoms with E-state index in [4.69, 9.17) is 11.6 Å². The molecule has 1 heterocycles. The molecule has 1 amide bonds. The lowest BCUT2D eigenvalue weighted by atomic mass is 10.0. The van der Waals surface area contributed by atoms with Gasteiger partial charge in [0.15, 0.2) is 5.78 Å². The highest BCUT2D eigenvalue weighted by molar-refractivity contribution is 6.22. The molecular formula is C12H12ClNO2. The average molecular weight is 238 g/mol. The second-order valence-corrected chi connectivity index (χ2v) is 4.75. The zero-order chi connectivity index (χ0) is 11.7.